The van der Waals surface area contributed by atoms with Gasteiger partial charge in [0.05, 0.1) is 5.60 Å². The van der Waals surface area contributed by atoms with Crippen molar-refractivity contribution in [2.24, 2.45) is 22.5 Å². The molecule has 0 bridgehead atoms. The van der Waals surface area contributed by atoms with Gasteiger partial charge in [-0.05, 0) is 49.9 Å². The molecule has 3 N–H and O–H groups in total. The summed E-state index contributed by atoms with van der Waals surface area (Å²) in [4.78, 5) is 0. The van der Waals surface area contributed by atoms with Crippen molar-refractivity contribution in [2.45, 2.75) is 90.6 Å². The largest absolute Gasteiger partial charge is 0.389 e. The van der Waals surface area contributed by atoms with Gasteiger partial charge >= 0.3 is 0 Å². The van der Waals surface area contributed by atoms with Gasteiger partial charge in [-0.2, -0.15) is 0 Å². The lowest BCUT2D eigenvalue weighted by Crippen LogP contribution is -2.53. The van der Waals surface area contributed by atoms with Crippen LogP contribution in [0.15, 0.2) is 0 Å². The van der Waals surface area contributed by atoms with E-state index in [9.17, 15) is 5.11 Å². The molecule has 0 radical (unpaired) electrons. The van der Waals surface area contributed by atoms with Crippen LogP contribution in [0.1, 0.15) is 85.0 Å². The van der Waals surface area contributed by atoms with Crippen molar-refractivity contribution < 1.29 is 5.11 Å². The minimum Gasteiger partial charge on any atom is -0.389 e. The third kappa shape index (κ3) is 3.06. The molecule has 0 aromatic heterocycles. The van der Waals surface area contributed by atoms with E-state index in [1.54, 1.807) is 0 Å². The molecule has 0 amide bonds. The third-order valence-electron chi connectivity index (χ3n) is 6.46. The van der Waals surface area contributed by atoms with Crippen LogP contribution < -0.4 is 5.73 Å². The highest BCUT2D eigenvalue weighted by atomic mass is 16.3. The van der Waals surface area contributed by atoms with Crippen molar-refractivity contribution >= 4 is 0 Å². The maximum Gasteiger partial charge on any atom is 0.0715 e. The van der Waals surface area contributed by atoms with Gasteiger partial charge in [-0.15, -0.1) is 0 Å². The maximum atomic E-state index is 11.4. The predicted molar refractivity (Wildman–Crippen MR) is 85.6 cm³/mol. The highest BCUT2D eigenvalue weighted by Crippen LogP contribution is 2.51. The molecule has 2 saturated carbocycles. The van der Waals surface area contributed by atoms with E-state index in [0.29, 0.717) is 12.0 Å². The van der Waals surface area contributed by atoms with Gasteiger partial charge < -0.3 is 10.8 Å². The first-order valence-corrected chi connectivity index (χ1v) is 8.75. The van der Waals surface area contributed by atoms with Crippen LogP contribution >= 0.6 is 0 Å². The van der Waals surface area contributed by atoms with Crippen LogP contribution in [0.25, 0.3) is 0 Å². The first-order chi connectivity index (χ1) is 9.33. The van der Waals surface area contributed by atoms with Crippen molar-refractivity contribution in [3.8, 4) is 0 Å². The summed E-state index contributed by atoms with van der Waals surface area (Å²) in [7, 11) is 0. The maximum absolute atomic E-state index is 11.4. The summed E-state index contributed by atoms with van der Waals surface area (Å²) in [6.07, 6.45) is 11.6. The van der Waals surface area contributed by atoms with Gasteiger partial charge in [0, 0.05) is 12.0 Å². The fourth-order valence-corrected chi connectivity index (χ4v) is 4.81. The topological polar surface area (TPSA) is 46.2 Å². The Hall–Kier alpha value is -0.0800. The molecule has 2 rings (SSSR count). The van der Waals surface area contributed by atoms with E-state index < -0.39 is 5.60 Å². The molecule has 2 nitrogen and oxygen atoms in total. The summed E-state index contributed by atoms with van der Waals surface area (Å²) in [5.74, 6) is 0.745. The van der Waals surface area contributed by atoms with E-state index in [2.05, 4.69) is 20.8 Å². The summed E-state index contributed by atoms with van der Waals surface area (Å²) in [5.41, 5.74) is 6.05. The van der Waals surface area contributed by atoms with Gasteiger partial charge in [-0.1, -0.05) is 46.5 Å². The molecule has 2 heteroatoms. The second-order valence-electron chi connectivity index (χ2n) is 8.57. The highest BCUT2D eigenvalue weighted by molar-refractivity contribution is 5.02. The molecular formula is C18H35NO. The SMILES string of the molecule is CC(C)(C)C1CCCC(O)(C2(CN)CCCCC2)CC1. The number of hydrogen-bond acceptors (Lipinski definition) is 2. The molecule has 20 heavy (non-hydrogen) atoms. The van der Waals surface area contributed by atoms with Gasteiger partial charge in [-0.3, -0.25) is 0 Å². The summed E-state index contributed by atoms with van der Waals surface area (Å²) in [6.45, 7) is 7.72. The lowest BCUT2D eigenvalue weighted by Gasteiger charge is -2.49. The zero-order valence-corrected chi connectivity index (χ0v) is 13.9. The van der Waals surface area contributed by atoms with E-state index in [1.165, 1.54) is 38.5 Å². The highest BCUT2D eigenvalue weighted by Gasteiger charge is 2.50. The second kappa shape index (κ2) is 5.96. The third-order valence-corrected chi connectivity index (χ3v) is 6.46. The first kappa shape index (κ1) is 16.3. The smallest absolute Gasteiger partial charge is 0.0715 e. The molecule has 0 aliphatic heterocycles. The van der Waals surface area contributed by atoms with Crippen molar-refractivity contribution in [3.63, 3.8) is 0 Å². The molecular weight excluding hydrogens is 246 g/mol. The Morgan fingerprint density at radius 3 is 2.15 bits per heavy atom. The van der Waals surface area contributed by atoms with Gasteiger partial charge in [0.25, 0.3) is 0 Å². The summed E-state index contributed by atoms with van der Waals surface area (Å²) in [5, 5.41) is 11.4. The van der Waals surface area contributed by atoms with Crippen molar-refractivity contribution in [2.75, 3.05) is 6.54 Å². The number of nitrogens with two attached hydrogens (primary N) is 1. The van der Waals surface area contributed by atoms with E-state index in [4.69, 9.17) is 5.73 Å². The van der Waals surface area contributed by atoms with Crippen molar-refractivity contribution in [1.82, 2.24) is 0 Å². The van der Waals surface area contributed by atoms with Gasteiger partial charge in [-0.25, -0.2) is 0 Å². The van der Waals surface area contributed by atoms with Crippen LogP contribution in [0.5, 0.6) is 0 Å². The van der Waals surface area contributed by atoms with Crippen LogP contribution in [0.2, 0.25) is 0 Å². The summed E-state index contributed by atoms with van der Waals surface area (Å²) >= 11 is 0. The first-order valence-electron chi connectivity index (χ1n) is 8.75. The average Bonchev–Trinajstić information content (AvgIpc) is 2.62. The molecule has 0 saturated heterocycles. The summed E-state index contributed by atoms with van der Waals surface area (Å²) in [6, 6.07) is 0. The molecule has 118 valence electrons. The van der Waals surface area contributed by atoms with Crippen molar-refractivity contribution in [1.29, 1.82) is 0 Å². The number of aliphatic hydroxyl groups is 1. The zero-order valence-electron chi connectivity index (χ0n) is 13.9. The minimum absolute atomic E-state index is 0.0119. The zero-order chi connectivity index (χ0) is 14.9. The van der Waals surface area contributed by atoms with Crippen LogP contribution in [-0.4, -0.2) is 17.3 Å². The molecule has 2 atom stereocenters. The Bertz CT molecular complexity index is 314. The van der Waals surface area contributed by atoms with E-state index >= 15 is 0 Å². The van der Waals surface area contributed by atoms with E-state index in [-0.39, 0.29) is 5.41 Å². The minimum atomic E-state index is -0.498. The van der Waals surface area contributed by atoms with Crippen molar-refractivity contribution in [3.05, 3.63) is 0 Å². The fourth-order valence-electron chi connectivity index (χ4n) is 4.81. The normalized spacial score (nSPS) is 35.5. The monoisotopic (exact) mass is 281 g/mol. The van der Waals surface area contributed by atoms with E-state index in [0.717, 1.165) is 31.6 Å². The van der Waals surface area contributed by atoms with Crippen LogP contribution in [0, 0.1) is 16.7 Å². The Morgan fingerprint density at radius 2 is 1.60 bits per heavy atom. The average molecular weight is 281 g/mol. The number of rotatable bonds is 2. The fraction of sp³-hybridized carbons (Fsp3) is 1.00. The van der Waals surface area contributed by atoms with Gasteiger partial charge in [0.2, 0.25) is 0 Å². The molecule has 0 aromatic carbocycles. The quantitative estimate of drug-likeness (QED) is 0.743. The van der Waals surface area contributed by atoms with Gasteiger partial charge in [0.15, 0.2) is 0 Å². The lowest BCUT2D eigenvalue weighted by atomic mass is 9.60. The lowest BCUT2D eigenvalue weighted by molar-refractivity contribution is -0.110. The Balaban J connectivity index is 2.13. The molecule has 2 aliphatic carbocycles. The van der Waals surface area contributed by atoms with E-state index in [1.807, 2.05) is 0 Å². The number of hydrogen-bond donors (Lipinski definition) is 2. The second-order valence-corrected chi connectivity index (χ2v) is 8.57. The Morgan fingerprint density at radius 1 is 0.950 bits per heavy atom. The Labute approximate surface area is 125 Å². The molecule has 2 aliphatic rings. The van der Waals surface area contributed by atoms with Crippen LogP contribution in [-0.2, 0) is 0 Å². The van der Waals surface area contributed by atoms with Crippen LogP contribution in [0.4, 0.5) is 0 Å². The molecule has 2 unspecified atom stereocenters. The van der Waals surface area contributed by atoms with Crippen LogP contribution in [0.3, 0.4) is 0 Å². The molecule has 0 heterocycles. The predicted octanol–water partition coefficient (Wildman–Crippen LogP) is 4.25. The van der Waals surface area contributed by atoms with Gasteiger partial charge in [0.1, 0.15) is 0 Å². The molecule has 0 aromatic rings. The standard InChI is InChI=1S/C18H35NO/c1-16(2,3)15-8-7-12-18(20,13-9-15)17(14-19)10-5-4-6-11-17/h15,20H,4-14,19H2,1-3H3. The molecule has 2 fully saturated rings. The Kier molecular flexibility index (Phi) is 4.86. The molecule has 0 spiro atoms. The summed E-state index contributed by atoms with van der Waals surface area (Å²) < 4.78 is 0.